The van der Waals surface area contributed by atoms with Gasteiger partial charge in [0.15, 0.2) is 0 Å². The average Bonchev–Trinajstić information content (AvgIpc) is 2.67. The summed E-state index contributed by atoms with van der Waals surface area (Å²) in [4.78, 5) is 4.60. The van der Waals surface area contributed by atoms with Crippen molar-refractivity contribution in [2.45, 2.75) is 25.7 Å². The number of halogens is 3. The van der Waals surface area contributed by atoms with Crippen molar-refractivity contribution in [1.29, 1.82) is 0 Å². The Labute approximate surface area is 159 Å². The van der Waals surface area contributed by atoms with Crippen LogP contribution in [0.15, 0.2) is 42.5 Å². The van der Waals surface area contributed by atoms with Gasteiger partial charge in [-0.1, -0.05) is 29.8 Å². The monoisotopic (exact) mass is 378 g/mol. The number of benzene rings is 2. The number of hydrogen-bond donors (Lipinski definition) is 0. The summed E-state index contributed by atoms with van der Waals surface area (Å²) < 4.78 is 27.9. The van der Waals surface area contributed by atoms with Gasteiger partial charge in [0.1, 0.15) is 12.8 Å². The van der Waals surface area contributed by atoms with Crippen LogP contribution in [-0.2, 0) is 13.1 Å². The fraction of sp³-hybridized carbons (Fsp3) is 0.429. The van der Waals surface area contributed by atoms with Crippen LogP contribution in [0, 0.1) is 0 Å². The lowest BCUT2D eigenvalue weighted by atomic mass is 9.99. The normalized spacial score (nSPS) is 16.7. The number of rotatable bonds is 6. The van der Waals surface area contributed by atoms with E-state index in [9.17, 15) is 8.78 Å². The first-order chi connectivity index (χ1) is 12.6. The van der Waals surface area contributed by atoms with Gasteiger partial charge in [-0.3, -0.25) is 0 Å². The minimum absolute atomic E-state index is 0.334. The summed E-state index contributed by atoms with van der Waals surface area (Å²) in [5.41, 5.74) is 3.15. The highest BCUT2D eigenvalue weighted by Crippen LogP contribution is 2.28. The second kappa shape index (κ2) is 8.83. The van der Waals surface area contributed by atoms with E-state index in [1.54, 1.807) is 18.2 Å². The van der Waals surface area contributed by atoms with Crippen molar-refractivity contribution < 1.29 is 8.78 Å². The molecule has 1 heterocycles. The Morgan fingerprint density at radius 1 is 1.04 bits per heavy atom. The SMILES string of the molecule is CN1CCN(c2cccc(C(F)CCc3ccc(Cl)cc3CF)c2)CC1. The van der Waals surface area contributed by atoms with Gasteiger partial charge in [-0.2, -0.15) is 0 Å². The molecule has 26 heavy (non-hydrogen) atoms. The van der Waals surface area contributed by atoms with Crippen LogP contribution < -0.4 is 4.90 Å². The average molecular weight is 379 g/mol. The van der Waals surface area contributed by atoms with Gasteiger partial charge in [-0.05, 0) is 60.8 Å². The predicted molar refractivity (Wildman–Crippen MR) is 105 cm³/mol. The lowest BCUT2D eigenvalue weighted by molar-refractivity contribution is 0.312. The summed E-state index contributed by atoms with van der Waals surface area (Å²) in [5.74, 6) is 0. The van der Waals surface area contributed by atoms with Crippen molar-refractivity contribution in [2.75, 3.05) is 38.1 Å². The summed E-state index contributed by atoms with van der Waals surface area (Å²) in [6.07, 6.45) is -0.234. The maximum Gasteiger partial charge on any atom is 0.126 e. The molecule has 0 saturated carbocycles. The van der Waals surface area contributed by atoms with Gasteiger partial charge in [0.25, 0.3) is 0 Å². The predicted octanol–water partition coefficient (Wildman–Crippen LogP) is 5.20. The second-order valence-electron chi connectivity index (χ2n) is 6.94. The lowest BCUT2D eigenvalue weighted by Crippen LogP contribution is -2.44. The topological polar surface area (TPSA) is 6.48 Å². The van der Waals surface area contributed by atoms with E-state index in [4.69, 9.17) is 11.6 Å². The number of anilines is 1. The number of nitrogens with zero attached hydrogens (tertiary/aromatic N) is 2. The molecule has 2 aromatic rings. The van der Waals surface area contributed by atoms with Gasteiger partial charge >= 0.3 is 0 Å². The van der Waals surface area contributed by atoms with Crippen molar-refractivity contribution in [3.05, 3.63) is 64.2 Å². The van der Waals surface area contributed by atoms with E-state index in [1.165, 1.54) is 0 Å². The zero-order valence-corrected chi connectivity index (χ0v) is 15.9. The molecular weight excluding hydrogens is 354 g/mol. The van der Waals surface area contributed by atoms with Crippen molar-refractivity contribution in [3.8, 4) is 0 Å². The minimum Gasteiger partial charge on any atom is -0.369 e. The van der Waals surface area contributed by atoms with Crippen LogP contribution in [-0.4, -0.2) is 38.1 Å². The molecule has 0 bridgehead atoms. The van der Waals surface area contributed by atoms with Crippen LogP contribution in [0.4, 0.5) is 14.5 Å². The fourth-order valence-electron chi connectivity index (χ4n) is 3.39. The summed E-state index contributed by atoms with van der Waals surface area (Å²) in [6, 6.07) is 12.9. The van der Waals surface area contributed by atoms with Crippen LogP contribution in [0.25, 0.3) is 0 Å². The molecule has 1 saturated heterocycles. The number of alkyl halides is 2. The summed E-state index contributed by atoms with van der Waals surface area (Å²) >= 11 is 5.91. The van der Waals surface area contributed by atoms with Gasteiger partial charge in [0, 0.05) is 36.9 Å². The van der Waals surface area contributed by atoms with E-state index < -0.39 is 12.8 Å². The standard InChI is InChI=1S/C21H25ClF2N2/c1-25-9-11-26(12-10-25)20-4-2-3-17(14-20)21(24)8-6-16-5-7-19(22)13-18(16)15-23/h2-5,7,13-14,21H,6,8-12,15H2,1H3. The highest BCUT2D eigenvalue weighted by atomic mass is 35.5. The Kier molecular flexibility index (Phi) is 6.49. The molecule has 1 atom stereocenters. The molecule has 140 valence electrons. The highest BCUT2D eigenvalue weighted by molar-refractivity contribution is 6.30. The van der Waals surface area contributed by atoms with Gasteiger partial charge < -0.3 is 9.80 Å². The van der Waals surface area contributed by atoms with Crippen molar-refractivity contribution >= 4 is 17.3 Å². The molecule has 0 aromatic heterocycles. The molecule has 5 heteroatoms. The number of aryl methyl sites for hydroxylation is 1. The van der Waals surface area contributed by atoms with Gasteiger partial charge in [-0.15, -0.1) is 0 Å². The van der Waals surface area contributed by atoms with E-state index in [0.717, 1.165) is 37.4 Å². The molecular formula is C21H25ClF2N2. The van der Waals surface area contributed by atoms with Crippen molar-refractivity contribution in [1.82, 2.24) is 4.90 Å². The van der Waals surface area contributed by atoms with Gasteiger partial charge in [0.05, 0.1) is 0 Å². The lowest BCUT2D eigenvalue weighted by Gasteiger charge is -2.34. The number of likely N-dealkylation sites (N-methyl/N-ethyl adjacent to an activating group) is 1. The molecule has 1 fully saturated rings. The summed E-state index contributed by atoms with van der Waals surface area (Å²) in [5, 5.41) is 0.512. The van der Waals surface area contributed by atoms with Crippen LogP contribution in [0.5, 0.6) is 0 Å². The third-order valence-corrected chi connectivity index (χ3v) is 5.31. The summed E-state index contributed by atoms with van der Waals surface area (Å²) in [6.45, 7) is 3.38. The molecule has 2 aromatic carbocycles. The third kappa shape index (κ3) is 4.74. The van der Waals surface area contributed by atoms with Gasteiger partial charge in [-0.25, -0.2) is 8.78 Å². The molecule has 0 N–H and O–H groups in total. The molecule has 0 amide bonds. The smallest absolute Gasteiger partial charge is 0.126 e. The first kappa shape index (κ1) is 19.1. The third-order valence-electron chi connectivity index (χ3n) is 5.08. The zero-order chi connectivity index (χ0) is 18.5. The molecule has 0 aliphatic carbocycles. The molecule has 0 spiro atoms. The Bertz CT molecular complexity index is 730. The minimum atomic E-state index is -1.06. The Hall–Kier alpha value is -1.65. The molecule has 2 nitrogen and oxygen atoms in total. The van der Waals surface area contributed by atoms with E-state index in [2.05, 4.69) is 16.8 Å². The number of piperazine rings is 1. The quantitative estimate of drug-likeness (QED) is 0.681. The molecule has 3 rings (SSSR count). The van der Waals surface area contributed by atoms with E-state index in [0.29, 0.717) is 29.0 Å². The van der Waals surface area contributed by atoms with E-state index >= 15 is 0 Å². The van der Waals surface area contributed by atoms with Crippen molar-refractivity contribution in [3.63, 3.8) is 0 Å². The maximum atomic E-state index is 14.8. The largest absolute Gasteiger partial charge is 0.369 e. The molecule has 1 unspecified atom stereocenters. The van der Waals surface area contributed by atoms with Gasteiger partial charge in [0.2, 0.25) is 0 Å². The van der Waals surface area contributed by atoms with Crippen LogP contribution in [0.3, 0.4) is 0 Å². The first-order valence-corrected chi connectivity index (χ1v) is 9.45. The van der Waals surface area contributed by atoms with Crippen LogP contribution in [0.2, 0.25) is 5.02 Å². The Morgan fingerprint density at radius 3 is 2.54 bits per heavy atom. The Morgan fingerprint density at radius 2 is 1.81 bits per heavy atom. The highest BCUT2D eigenvalue weighted by Gasteiger charge is 2.17. The Balaban J connectivity index is 1.65. The van der Waals surface area contributed by atoms with Crippen LogP contribution in [0.1, 0.15) is 29.3 Å². The number of hydrogen-bond acceptors (Lipinski definition) is 2. The molecule has 1 aliphatic heterocycles. The molecule has 0 radical (unpaired) electrons. The maximum absolute atomic E-state index is 14.8. The zero-order valence-electron chi connectivity index (χ0n) is 15.1. The van der Waals surface area contributed by atoms with E-state index in [1.807, 2.05) is 24.3 Å². The summed E-state index contributed by atoms with van der Waals surface area (Å²) in [7, 11) is 2.12. The van der Waals surface area contributed by atoms with Crippen molar-refractivity contribution in [2.24, 2.45) is 0 Å². The second-order valence-corrected chi connectivity index (χ2v) is 7.37. The first-order valence-electron chi connectivity index (χ1n) is 9.07. The van der Waals surface area contributed by atoms with Crippen LogP contribution >= 0.6 is 11.6 Å². The molecule has 1 aliphatic rings. The van der Waals surface area contributed by atoms with E-state index in [-0.39, 0.29) is 0 Å². The fourth-order valence-corrected chi connectivity index (χ4v) is 3.59.